The van der Waals surface area contributed by atoms with Gasteiger partial charge in [-0.15, -0.1) is 0 Å². The van der Waals surface area contributed by atoms with Crippen LogP contribution in [0.15, 0.2) is 53.6 Å². The summed E-state index contributed by atoms with van der Waals surface area (Å²) in [4.78, 5) is 12.4. The van der Waals surface area contributed by atoms with Gasteiger partial charge in [0, 0.05) is 11.3 Å². The summed E-state index contributed by atoms with van der Waals surface area (Å²) in [5.41, 5.74) is 6.78. The first-order valence-electron chi connectivity index (χ1n) is 11.0. The molecule has 0 heterocycles. The molecular weight excluding hydrogens is 372 g/mol. The lowest BCUT2D eigenvalue weighted by molar-refractivity contribution is 0.0954. The highest BCUT2D eigenvalue weighted by Crippen LogP contribution is 2.25. The van der Waals surface area contributed by atoms with Crippen LogP contribution in [-0.4, -0.2) is 11.6 Å². The zero-order chi connectivity index (χ0) is 21.6. The number of nitrogens with one attached hydrogen (secondary N) is 1. The van der Waals surface area contributed by atoms with Crippen LogP contribution in [-0.2, 0) is 12.0 Å². The van der Waals surface area contributed by atoms with E-state index in [-0.39, 0.29) is 11.3 Å². The maximum absolute atomic E-state index is 12.4. The fraction of sp³-hybridized carbons (Fsp3) is 0.462. The highest BCUT2D eigenvalue weighted by molar-refractivity contribution is 5.95. The van der Waals surface area contributed by atoms with Gasteiger partial charge >= 0.3 is 0 Å². The Bertz CT molecular complexity index is 855. The lowest BCUT2D eigenvalue weighted by Crippen LogP contribution is -2.23. The maximum Gasteiger partial charge on any atom is 0.271 e. The summed E-state index contributed by atoms with van der Waals surface area (Å²) < 4.78 is 5.88. The average molecular weight is 407 g/mol. The van der Waals surface area contributed by atoms with E-state index >= 15 is 0 Å². The van der Waals surface area contributed by atoms with Crippen LogP contribution in [0, 0.1) is 5.92 Å². The van der Waals surface area contributed by atoms with Gasteiger partial charge in [0.1, 0.15) is 12.4 Å². The predicted molar refractivity (Wildman–Crippen MR) is 123 cm³/mol. The molecule has 0 bridgehead atoms. The van der Waals surface area contributed by atoms with Crippen molar-refractivity contribution in [1.29, 1.82) is 0 Å². The number of ether oxygens (including phenoxy) is 1. The molecule has 1 saturated carbocycles. The van der Waals surface area contributed by atoms with E-state index in [0.717, 1.165) is 17.0 Å². The third-order valence-electron chi connectivity index (χ3n) is 5.87. The third kappa shape index (κ3) is 6.19. The smallest absolute Gasteiger partial charge is 0.271 e. The van der Waals surface area contributed by atoms with E-state index in [2.05, 4.69) is 43.4 Å². The number of hydrogen-bond donors (Lipinski definition) is 1. The first kappa shape index (κ1) is 22.1. The molecule has 0 aliphatic heterocycles. The fourth-order valence-corrected chi connectivity index (χ4v) is 3.79. The van der Waals surface area contributed by atoms with Crippen molar-refractivity contribution in [2.75, 3.05) is 0 Å². The van der Waals surface area contributed by atoms with E-state index in [4.69, 9.17) is 4.74 Å². The molecular formula is C26H34N2O2. The third-order valence-corrected chi connectivity index (χ3v) is 5.87. The summed E-state index contributed by atoms with van der Waals surface area (Å²) in [5.74, 6) is 1.18. The van der Waals surface area contributed by atoms with E-state index in [1.54, 1.807) is 0 Å². The second-order valence-electron chi connectivity index (χ2n) is 9.29. The number of amides is 1. The number of benzene rings is 2. The van der Waals surface area contributed by atoms with Crippen LogP contribution < -0.4 is 10.2 Å². The van der Waals surface area contributed by atoms with Crippen LogP contribution in [0.2, 0.25) is 0 Å². The molecule has 4 heteroatoms. The molecule has 1 amide bonds. The first-order valence-corrected chi connectivity index (χ1v) is 11.0. The molecule has 0 radical (unpaired) electrons. The standard InChI is InChI=1S/C26H34N2O2/c1-19(21-8-6-5-7-9-21)27-28-25(29)22-12-10-20(11-13-22)18-30-24-16-14-23(15-17-24)26(2,3)4/h10-17,21H,5-9,18H2,1-4H3,(H,28,29)/b27-19-. The van der Waals surface area contributed by atoms with Gasteiger partial charge in [-0.05, 0) is 66.5 Å². The Morgan fingerprint density at radius 3 is 2.23 bits per heavy atom. The van der Waals surface area contributed by atoms with E-state index in [1.807, 2.05) is 43.3 Å². The Labute approximate surface area is 180 Å². The molecule has 3 rings (SSSR count). The van der Waals surface area contributed by atoms with Gasteiger partial charge in [-0.2, -0.15) is 5.10 Å². The second kappa shape index (κ2) is 9.92. The van der Waals surface area contributed by atoms with Gasteiger partial charge in [-0.3, -0.25) is 4.79 Å². The number of hydrogen-bond acceptors (Lipinski definition) is 3. The molecule has 1 fully saturated rings. The largest absolute Gasteiger partial charge is 0.489 e. The maximum atomic E-state index is 12.4. The van der Waals surface area contributed by atoms with Gasteiger partial charge in [-0.25, -0.2) is 5.43 Å². The minimum absolute atomic E-state index is 0.133. The van der Waals surface area contributed by atoms with Crippen LogP contribution in [0.1, 0.15) is 81.3 Å². The molecule has 0 spiro atoms. The molecule has 30 heavy (non-hydrogen) atoms. The van der Waals surface area contributed by atoms with Gasteiger partial charge in [0.25, 0.3) is 5.91 Å². The van der Waals surface area contributed by atoms with Crippen LogP contribution in [0.25, 0.3) is 0 Å². The normalized spacial score (nSPS) is 15.7. The monoisotopic (exact) mass is 406 g/mol. The summed E-state index contributed by atoms with van der Waals surface area (Å²) in [6.45, 7) is 9.08. The van der Waals surface area contributed by atoms with Crippen molar-refractivity contribution in [1.82, 2.24) is 5.43 Å². The summed E-state index contributed by atoms with van der Waals surface area (Å²) in [6.07, 6.45) is 6.19. The van der Waals surface area contributed by atoms with E-state index in [0.29, 0.717) is 18.1 Å². The molecule has 0 saturated heterocycles. The summed E-state index contributed by atoms with van der Waals surface area (Å²) in [6, 6.07) is 15.7. The highest BCUT2D eigenvalue weighted by atomic mass is 16.5. The molecule has 0 unspecified atom stereocenters. The summed E-state index contributed by atoms with van der Waals surface area (Å²) in [7, 11) is 0. The molecule has 1 N–H and O–H groups in total. The minimum Gasteiger partial charge on any atom is -0.489 e. The van der Waals surface area contributed by atoms with E-state index < -0.39 is 0 Å². The number of carbonyl (C=O) groups excluding carboxylic acids is 1. The summed E-state index contributed by atoms with van der Waals surface area (Å²) in [5, 5.41) is 4.34. The highest BCUT2D eigenvalue weighted by Gasteiger charge is 2.16. The molecule has 160 valence electrons. The van der Waals surface area contributed by atoms with Crippen molar-refractivity contribution in [2.45, 2.75) is 71.8 Å². The average Bonchev–Trinajstić information content (AvgIpc) is 2.76. The first-order chi connectivity index (χ1) is 14.3. The van der Waals surface area contributed by atoms with Crippen molar-refractivity contribution in [3.63, 3.8) is 0 Å². The Hall–Kier alpha value is -2.62. The number of rotatable bonds is 6. The molecule has 2 aromatic rings. The summed E-state index contributed by atoms with van der Waals surface area (Å²) >= 11 is 0. The fourth-order valence-electron chi connectivity index (χ4n) is 3.79. The molecule has 1 aliphatic rings. The topological polar surface area (TPSA) is 50.7 Å². The SMILES string of the molecule is C/C(=N/NC(=O)c1ccc(COc2ccc(C(C)(C)C)cc2)cc1)C1CCCCC1. The van der Waals surface area contributed by atoms with E-state index in [1.165, 1.54) is 37.7 Å². The van der Waals surface area contributed by atoms with E-state index in [9.17, 15) is 4.79 Å². The van der Waals surface area contributed by atoms with Crippen LogP contribution in [0.5, 0.6) is 5.75 Å². The van der Waals surface area contributed by atoms with Crippen LogP contribution in [0.3, 0.4) is 0 Å². The zero-order valence-electron chi connectivity index (χ0n) is 18.7. The Morgan fingerprint density at radius 2 is 1.63 bits per heavy atom. The van der Waals surface area contributed by atoms with Gasteiger partial charge in [0.15, 0.2) is 0 Å². The molecule has 0 aromatic heterocycles. The quantitative estimate of drug-likeness (QED) is 0.455. The van der Waals surface area contributed by atoms with Crippen molar-refractivity contribution in [3.05, 3.63) is 65.2 Å². The van der Waals surface area contributed by atoms with Gasteiger partial charge in [0.05, 0.1) is 0 Å². The van der Waals surface area contributed by atoms with Crippen molar-refractivity contribution < 1.29 is 9.53 Å². The van der Waals surface area contributed by atoms with Gasteiger partial charge in [0.2, 0.25) is 0 Å². The second-order valence-corrected chi connectivity index (χ2v) is 9.29. The lowest BCUT2D eigenvalue weighted by Gasteiger charge is -2.21. The van der Waals surface area contributed by atoms with Crippen molar-refractivity contribution >= 4 is 11.6 Å². The Kier molecular flexibility index (Phi) is 7.30. The van der Waals surface area contributed by atoms with Gasteiger partial charge < -0.3 is 4.74 Å². The molecule has 1 aliphatic carbocycles. The van der Waals surface area contributed by atoms with Crippen molar-refractivity contribution in [3.8, 4) is 5.75 Å². The van der Waals surface area contributed by atoms with Crippen molar-refractivity contribution in [2.24, 2.45) is 11.0 Å². The Morgan fingerprint density at radius 1 is 1.00 bits per heavy atom. The number of carbonyl (C=O) groups is 1. The molecule has 0 atom stereocenters. The predicted octanol–water partition coefficient (Wildman–Crippen LogP) is 6.25. The lowest BCUT2D eigenvalue weighted by atomic mass is 9.86. The molecule has 4 nitrogen and oxygen atoms in total. The number of hydrazone groups is 1. The van der Waals surface area contributed by atoms with Gasteiger partial charge in [-0.1, -0.05) is 64.3 Å². The minimum atomic E-state index is -0.171. The Balaban J connectivity index is 1.51. The zero-order valence-corrected chi connectivity index (χ0v) is 18.7. The number of nitrogens with zero attached hydrogens (tertiary/aromatic N) is 1. The van der Waals surface area contributed by atoms with Crippen LogP contribution >= 0.6 is 0 Å². The van der Waals surface area contributed by atoms with Crippen LogP contribution in [0.4, 0.5) is 0 Å². The molecule has 2 aromatic carbocycles.